The molecule has 0 saturated carbocycles. The molecule has 0 radical (unpaired) electrons. The first-order valence-electron chi connectivity index (χ1n) is 9.87. The van der Waals surface area contributed by atoms with Crippen molar-refractivity contribution in [3.05, 3.63) is 30.1 Å². The SMILES string of the molecule is CN=C(NCCn1c(C)nc2ccccc21)N1CCOC(C2CCCO2)C1.I. The van der Waals surface area contributed by atoms with Gasteiger partial charge in [0.1, 0.15) is 11.9 Å². The maximum atomic E-state index is 5.95. The average Bonchev–Trinajstić information content (AvgIpc) is 3.33. The summed E-state index contributed by atoms with van der Waals surface area (Å²) in [6.45, 7) is 6.98. The summed E-state index contributed by atoms with van der Waals surface area (Å²) < 4.78 is 14.0. The molecule has 1 aromatic carbocycles. The Bertz CT molecular complexity index is 803. The van der Waals surface area contributed by atoms with E-state index in [4.69, 9.17) is 9.47 Å². The Morgan fingerprint density at radius 1 is 1.25 bits per heavy atom. The minimum Gasteiger partial charge on any atom is -0.375 e. The number of rotatable bonds is 4. The van der Waals surface area contributed by atoms with Gasteiger partial charge >= 0.3 is 0 Å². The fourth-order valence-corrected chi connectivity index (χ4v) is 4.08. The number of nitrogens with one attached hydrogen (secondary N) is 1. The minimum atomic E-state index is 0. The van der Waals surface area contributed by atoms with E-state index in [9.17, 15) is 0 Å². The molecule has 2 fully saturated rings. The number of nitrogens with zero attached hydrogens (tertiary/aromatic N) is 4. The lowest BCUT2D eigenvalue weighted by atomic mass is 10.1. The number of para-hydroxylation sites is 2. The van der Waals surface area contributed by atoms with Crippen molar-refractivity contribution >= 4 is 41.0 Å². The molecule has 8 heteroatoms. The molecule has 2 atom stereocenters. The van der Waals surface area contributed by atoms with Crippen molar-refractivity contribution in [2.45, 2.75) is 38.5 Å². The summed E-state index contributed by atoms with van der Waals surface area (Å²) in [5, 5.41) is 3.51. The molecule has 7 nitrogen and oxygen atoms in total. The molecule has 0 spiro atoms. The molecule has 2 saturated heterocycles. The number of benzene rings is 1. The number of fused-ring (bicyclic) bond motifs is 1. The summed E-state index contributed by atoms with van der Waals surface area (Å²) >= 11 is 0. The molecule has 1 N–H and O–H groups in total. The Balaban J connectivity index is 0.00000225. The first-order valence-corrected chi connectivity index (χ1v) is 9.87. The van der Waals surface area contributed by atoms with E-state index < -0.39 is 0 Å². The van der Waals surface area contributed by atoms with Crippen LogP contribution in [-0.4, -0.2) is 72.5 Å². The van der Waals surface area contributed by atoms with Crippen molar-refractivity contribution in [2.75, 3.05) is 39.9 Å². The van der Waals surface area contributed by atoms with Crippen LogP contribution >= 0.6 is 24.0 Å². The smallest absolute Gasteiger partial charge is 0.193 e. The lowest BCUT2D eigenvalue weighted by Gasteiger charge is -2.37. The van der Waals surface area contributed by atoms with E-state index in [0.717, 1.165) is 69.5 Å². The van der Waals surface area contributed by atoms with Crippen molar-refractivity contribution in [3.63, 3.8) is 0 Å². The van der Waals surface area contributed by atoms with E-state index in [1.165, 1.54) is 5.52 Å². The van der Waals surface area contributed by atoms with Gasteiger partial charge in [-0.2, -0.15) is 0 Å². The van der Waals surface area contributed by atoms with Crippen molar-refractivity contribution < 1.29 is 9.47 Å². The summed E-state index contributed by atoms with van der Waals surface area (Å²) in [7, 11) is 1.84. The predicted molar refractivity (Wildman–Crippen MR) is 122 cm³/mol. The van der Waals surface area contributed by atoms with E-state index in [1.807, 2.05) is 13.1 Å². The van der Waals surface area contributed by atoms with Crippen LogP contribution in [0, 0.1) is 6.92 Å². The highest BCUT2D eigenvalue weighted by molar-refractivity contribution is 14.0. The highest BCUT2D eigenvalue weighted by Gasteiger charge is 2.32. The molecule has 0 aliphatic carbocycles. The van der Waals surface area contributed by atoms with Crippen molar-refractivity contribution in [2.24, 2.45) is 4.99 Å². The number of aliphatic imine (C=N–C) groups is 1. The van der Waals surface area contributed by atoms with E-state index in [0.29, 0.717) is 0 Å². The van der Waals surface area contributed by atoms with Gasteiger partial charge in [-0.1, -0.05) is 12.1 Å². The third kappa shape index (κ3) is 4.60. The second kappa shape index (κ2) is 9.89. The number of imidazole rings is 1. The van der Waals surface area contributed by atoms with Crippen LogP contribution in [0.25, 0.3) is 11.0 Å². The average molecular weight is 499 g/mol. The quantitative estimate of drug-likeness (QED) is 0.398. The van der Waals surface area contributed by atoms with Gasteiger partial charge in [-0.05, 0) is 31.9 Å². The molecular weight excluding hydrogens is 469 g/mol. The molecule has 2 aliphatic rings. The third-order valence-electron chi connectivity index (χ3n) is 5.45. The van der Waals surface area contributed by atoms with Gasteiger partial charge in [0.15, 0.2) is 5.96 Å². The summed E-state index contributed by atoms with van der Waals surface area (Å²) in [5.41, 5.74) is 2.23. The van der Waals surface area contributed by atoms with Crippen molar-refractivity contribution in [3.8, 4) is 0 Å². The Morgan fingerprint density at radius 3 is 2.86 bits per heavy atom. The largest absolute Gasteiger partial charge is 0.375 e. The third-order valence-corrected chi connectivity index (χ3v) is 5.45. The summed E-state index contributed by atoms with van der Waals surface area (Å²) in [4.78, 5) is 11.4. The molecule has 154 valence electrons. The van der Waals surface area contributed by atoms with E-state index in [2.05, 4.69) is 49.9 Å². The molecule has 28 heavy (non-hydrogen) atoms. The summed E-state index contributed by atoms with van der Waals surface area (Å²) in [5.74, 6) is 1.97. The topological polar surface area (TPSA) is 63.9 Å². The normalized spacial score (nSPS) is 23.1. The van der Waals surface area contributed by atoms with Crippen LogP contribution in [0.2, 0.25) is 0 Å². The second-order valence-electron chi connectivity index (χ2n) is 7.18. The zero-order chi connectivity index (χ0) is 18.6. The number of hydrogen-bond acceptors (Lipinski definition) is 4. The zero-order valence-corrected chi connectivity index (χ0v) is 19.0. The van der Waals surface area contributed by atoms with Gasteiger partial charge in [0.25, 0.3) is 0 Å². The van der Waals surface area contributed by atoms with Gasteiger partial charge in [0.05, 0.1) is 23.7 Å². The molecule has 1 aromatic heterocycles. The van der Waals surface area contributed by atoms with Crippen LogP contribution in [-0.2, 0) is 16.0 Å². The van der Waals surface area contributed by atoms with Crippen LogP contribution in [0.15, 0.2) is 29.3 Å². The summed E-state index contributed by atoms with van der Waals surface area (Å²) in [6.07, 6.45) is 2.60. The van der Waals surface area contributed by atoms with Gasteiger partial charge in [-0.3, -0.25) is 4.99 Å². The Kier molecular flexibility index (Phi) is 7.53. The number of ether oxygens (including phenoxy) is 2. The van der Waals surface area contributed by atoms with Crippen LogP contribution in [0.1, 0.15) is 18.7 Å². The number of hydrogen-bond donors (Lipinski definition) is 1. The number of guanidine groups is 1. The highest BCUT2D eigenvalue weighted by atomic mass is 127. The van der Waals surface area contributed by atoms with Crippen molar-refractivity contribution in [1.29, 1.82) is 0 Å². The Hall–Kier alpha value is -1.39. The first kappa shape index (κ1) is 21.3. The predicted octanol–water partition coefficient (Wildman–Crippen LogP) is 2.42. The standard InChI is InChI=1S/C20H29N5O2.HI/c1-15-23-16-6-3-4-7-17(16)25(15)10-9-22-20(21-2)24-11-13-27-19(14-24)18-8-5-12-26-18;/h3-4,6-7,18-19H,5,8-14H2,1-2H3,(H,21,22);1H. The monoisotopic (exact) mass is 499 g/mol. The van der Waals surface area contributed by atoms with Gasteiger partial charge in [-0.15, -0.1) is 24.0 Å². The molecule has 0 amide bonds. The van der Waals surface area contributed by atoms with Crippen LogP contribution in [0.5, 0.6) is 0 Å². The number of halogens is 1. The molecule has 2 unspecified atom stereocenters. The maximum Gasteiger partial charge on any atom is 0.193 e. The fraction of sp³-hybridized carbons (Fsp3) is 0.600. The van der Waals surface area contributed by atoms with E-state index in [1.54, 1.807) is 0 Å². The first-order chi connectivity index (χ1) is 13.3. The lowest BCUT2D eigenvalue weighted by Crippen LogP contribution is -2.53. The van der Waals surface area contributed by atoms with Crippen LogP contribution in [0.4, 0.5) is 0 Å². The van der Waals surface area contributed by atoms with Gasteiger partial charge in [0.2, 0.25) is 0 Å². The van der Waals surface area contributed by atoms with E-state index >= 15 is 0 Å². The van der Waals surface area contributed by atoms with Crippen LogP contribution in [0.3, 0.4) is 0 Å². The molecule has 2 aliphatic heterocycles. The Morgan fingerprint density at radius 2 is 2.07 bits per heavy atom. The van der Waals surface area contributed by atoms with Gasteiger partial charge in [-0.25, -0.2) is 4.98 Å². The van der Waals surface area contributed by atoms with Crippen molar-refractivity contribution in [1.82, 2.24) is 19.8 Å². The maximum absolute atomic E-state index is 5.95. The highest BCUT2D eigenvalue weighted by Crippen LogP contribution is 2.21. The minimum absolute atomic E-state index is 0. The molecule has 4 rings (SSSR count). The summed E-state index contributed by atoms with van der Waals surface area (Å²) in [6, 6.07) is 8.27. The zero-order valence-electron chi connectivity index (χ0n) is 16.6. The molecule has 3 heterocycles. The molecule has 2 aromatic rings. The van der Waals surface area contributed by atoms with Crippen LogP contribution < -0.4 is 5.32 Å². The van der Waals surface area contributed by atoms with Gasteiger partial charge in [0, 0.05) is 39.8 Å². The second-order valence-corrected chi connectivity index (χ2v) is 7.18. The van der Waals surface area contributed by atoms with E-state index in [-0.39, 0.29) is 36.2 Å². The number of morpholine rings is 1. The molecular formula is C20H30IN5O2. The lowest BCUT2D eigenvalue weighted by molar-refractivity contribution is -0.0816. The Labute approximate surface area is 183 Å². The number of aromatic nitrogens is 2. The van der Waals surface area contributed by atoms with Gasteiger partial charge < -0.3 is 24.3 Å². The number of aryl methyl sites for hydroxylation is 1. The molecule has 0 bridgehead atoms. The fourth-order valence-electron chi connectivity index (χ4n) is 4.08.